The minimum absolute atomic E-state index is 0. The molecule has 0 bridgehead atoms. The van der Waals surface area contributed by atoms with Gasteiger partial charge >= 0.3 is 0 Å². The number of benzene rings is 2. The third-order valence-electron chi connectivity index (χ3n) is 5.97. The summed E-state index contributed by atoms with van der Waals surface area (Å²) in [7, 11) is 0. The number of para-hydroxylation sites is 1. The molecule has 2 aromatic rings. The summed E-state index contributed by atoms with van der Waals surface area (Å²) in [5, 5.41) is 10.8. The molecule has 0 saturated carbocycles. The first-order chi connectivity index (χ1) is 14.2. The van der Waals surface area contributed by atoms with Gasteiger partial charge in [0.1, 0.15) is 0 Å². The molecule has 159 valence electrons. The van der Waals surface area contributed by atoms with Gasteiger partial charge in [0.2, 0.25) is 5.91 Å². The van der Waals surface area contributed by atoms with Crippen LogP contribution in [0.1, 0.15) is 81.9 Å². The summed E-state index contributed by atoms with van der Waals surface area (Å²) in [5.41, 5.74) is 3.12. The van der Waals surface area contributed by atoms with E-state index in [1.807, 2.05) is 47.4 Å². The van der Waals surface area contributed by atoms with Gasteiger partial charge in [-0.05, 0) is 31.7 Å². The molecule has 1 N–H and O–H groups in total. The van der Waals surface area contributed by atoms with Crippen molar-refractivity contribution in [3.05, 3.63) is 65.7 Å². The molecule has 0 spiro atoms. The summed E-state index contributed by atoms with van der Waals surface area (Å²) in [6.45, 7) is 2.17. The van der Waals surface area contributed by atoms with Gasteiger partial charge < -0.3 is 10.0 Å². The molecule has 1 amide bonds. The molecule has 1 radical (unpaired) electrons. The van der Waals surface area contributed by atoms with Gasteiger partial charge in [-0.1, -0.05) is 57.2 Å². The van der Waals surface area contributed by atoms with Crippen LogP contribution in [0.15, 0.2) is 48.5 Å². The van der Waals surface area contributed by atoms with E-state index in [-0.39, 0.29) is 44.7 Å². The number of aliphatic hydroxyl groups is 1. The van der Waals surface area contributed by atoms with Gasteiger partial charge in [-0.25, -0.2) is 0 Å². The van der Waals surface area contributed by atoms with Crippen molar-refractivity contribution >= 4 is 11.6 Å². The Labute approximate surface area is 207 Å². The maximum Gasteiger partial charge on any atom is 0.227 e. The zero-order chi connectivity index (χ0) is 20.5. The Kier molecular flexibility index (Phi) is 11.3. The van der Waals surface area contributed by atoms with Crippen molar-refractivity contribution in [2.75, 3.05) is 4.90 Å². The van der Waals surface area contributed by atoms with Gasteiger partial charge in [0.25, 0.3) is 0 Å². The number of aryl methyl sites for hydroxylation is 1. The smallest absolute Gasteiger partial charge is 0.227 e. The second-order valence-corrected chi connectivity index (χ2v) is 8.18. The molecule has 1 saturated heterocycles. The Morgan fingerprint density at radius 1 is 1.17 bits per heavy atom. The number of hydrogen-bond donors (Lipinski definition) is 1. The van der Waals surface area contributed by atoms with Crippen molar-refractivity contribution in [3.8, 4) is 0 Å². The number of unbranched alkanes of at least 4 members (excludes halogenated alkanes) is 2. The van der Waals surface area contributed by atoms with Crippen molar-refractivity contribution in [1.29, 1.82) is 0 Å². The summed E-state index contributed by atoms with van der Waals surface area (Å²) in [4.78, 5) is 14.9. The monoisotopic (exact) mass is 481 g/mol. The van der Waals surface area contributed by atoms with E-state index in [0.29, 0.717) is 6.42 Å². The fourth-order valence-electron chi connectivity index (χ4n) is 4.41. The fraction of sp³-hybridized carbons (Fsp3) is 0.500. The molecule has 2 aromatic carbocycles. The minimum Gasteiger partial charge on any atom is -0.388 e. The number of piperidine rings is 1. The van der Waals surface area contributed by atoms with Crippen molar-refractivity contribution < 1.29 is 42.6 Å². The van der Waals surface area contributed by atoms with E-state index in [1.165, 1.54) is 5.56 Å². The predicted molar refractivity (Wildman–Crippen MR) is 119 cm³/mol. The van der Waals surface area contributed by atoms with Crippen LogP contribution in [-0.4, -0.2) is 17.1 Å². The van der Waals surface area contributed by atoms with Crippen LogP contribution in [0.5, 0.6) is 0 Å². The normalized spacial score (nSPS) is 17.5. The molecule has 1 aliphatic rings. The maximum absolute atomic E-state index is 12.9. The number of aliphatic hydroxyl groups excluding tert-OH is 1. The molecule has 1 fully saturated rings. The number of rotatable bonds is 10. The molecule has 3 rings (SSSR count). The molecule has 1 heterocycles. The summed E-state index contributed by atoms with van der Waals surface area (Å²) >= 11 is 0. The summed E-state index contributed by atoms with van der Waals surface area (Å²) in [6.07, 6.45) is 9.16. The van der Waals surface area contributed by atoms with Gasteiger partial charge in [0, 0.05) is 56.4 Å². The average molecular weight is 481 g/mol. The number of nitrogens with zero attached hydrogens (tertiary/aromatic N) is 1. The van der Waals surface area contributed by atoms with E-state index in [9.17, 15) is 9.90 Å². The van der Waals surface area contributed by atoms with Gasteiger partial charge in [0.05, 0.1) is 6.10 Å². The Morgan fingerprint density at radius 3 is 2.77 bits per heavy atom. The first kappa shape index (κ1) is 25.2. The van der Waals surface area contributed by atoms with Crippen molar-refractivity contribution in [1.82, 2.24) is 0 Å². The van der Waals surface area contributed by atoms with Crippen LogP contribution in [0.2, 0.25) is 0 Å². The fourth-order valence-corrected chi connectivity index (χ4v) is 4.41. The van der Waals surface area contributed by atoms with Gasteiger partial charge in [-0.2, -0.15) is 35.9 Å². The van der Waals surface area contributed by atoms with E-state index in [4.69, 9.17) is 0 Å². The van der Waals surface area contributed by atoms with Crippen molar-refractivity contribution in [3.63, 3.8) is 0 Å². The Morgan fingerprint density at radius 2 is 2.00 bits per heavy atom. The molecule has 30 heavy (non-hydrogen) atoms. The van der Waals surface area contributed by atoms with E-state index in [0.717, 1.165) is 69.0 Å². The number of anilines is 1. The van der Waals surface area contributed by atoms with Gasteiger partial charge in [-0.3, -0.25) is 4.79 Å². The quantitative estimate of drug-likeness (QED) is 0.334. The Hall–Kier alpha value is -1.03. The molecular weight excluding hydrogens is 447 g/mol. The molecule has 2 atom stereocenters. The van der Waals surface area contributed by atoms with E-state index in [1.54, 1.807) is 0 Å². The zero-order valence-electron chi connectivity index (χ0n) is 18.2. The van der Waals surface area contributed by atoms with Gasteiger partial charge in [-0.15, -0.1) is 0 Å². The molecule has 1 aliphatic heterocycles. The molecule has 0 aliphatic carbocycles. The van der Waals surface area contributed by atoms with Crippen LogP contribution in [-0.2, 0) is 43.9 Å². The number of hydrogen-bond acceptors (Lipinski definition) is 2. The predicted octanol–water partition coefficient (Wildman–Crippen LogP) is 6.01. The van der Waals surface area contributed by atoms with Crippen LogP contribution in [0.25, 0.3) is 0 Å². The molecule has 0 aromatic heterocycles. The summed E-state index contributed by atoms with van der Waals surface area (Å²) in [5.74, 6) is 0.197. The maximum atomic E-state index is 12.9. The standard InChI is InChI=1S/C26H34NO2.Y/c1-2-3-5-19-25(28)23-17-8-9-18-24(23)27-22(16-11-20-26(27)29)15-10-14-21-12-6-4-7-13-21;/h4,6,8-9,12-13,17-18,22,25,28H,2-3,5,10-11,14-16,19-20H2,1H3;/q-1;. The first-order valence-electron chi connectivity index (χ1n) is 11.2. The Bertz CT molecular complexity index is 765. The van der Waals surface area contributed by atoms with E-state index >= 15 is 0 Å². The van der Waals surface area contributed by atoms with E-state index in [2.05, 4.69) is 19.1 Å². The third kappa shape index (κ3) is 7.00. The SMILES string of the molecule is CCCCCC(O)c1ccccc1N1C(=O)CCCC1CCCc1c[c-]ccc1.[Y]. The third-order valence-corrected chi connectivity index (χ3v) is 5.97. The first-order valence-corrected chi connectivity index (χ1v) is 11.2. The number of amides is 1. The largest absolute Gasteiger partial charge is 0.388 e. The Balaban J connectivity index is 0.00000320. The average Bonchev–Trinajstić information content (AvgIpc) is 2.75. The molecule has 2 unspecified atom stereocenters. The van der Waals surface area contributed by atoms with Crippen LogP contribution in [0, 0.1) is 6.07 Å². The summed E-state index contributed by atoms with van der Waals surface area (Å²) < 4.78 is 0. The number of carbonyl (C=O) groups is 1. The second kappa shape index (κ2) is 13.4. The van der Waals surface area contributed by atoms with Crippen LogP contribution >= 0.6 is 0 Å². The van der Waals surface area contributed by atoms with Crippen molar-refractivity contribution in [2.24, 2.45) is 0 Å². The number of carbonyl (C=O) groups excluding carboxylic acids is 1. The van der Waals surface area contributed by atoms with Crippen LogP contribution in [0.4, 0.5) is 5.69 Å². The molecule has 3 nitrogen and oxygen atoms in total. The second-order valence-electron chi connectivity index (χ2n) is 8.18. The van der Waals surface area contributed by atoms with Crippen LogP contribution < -0.4 is 4.90 Å². The van der Waals surface area contributed by atoms with Gasteiger partial charge in [0.15, 0.2) is 0 Å². The molecule has 4 heteroatoms. The zero-order valence-corrected chi connectivity index (χ0v) is 21.1. The minimum atomic E-state index is -0.506. The topological polar surface area (TPSA) is 40.5 Å². The van der Waals surface area contributed by atoms with E-state index < -0.39 is 6.10 Å². The summed E-state index contributed by atoms with van der Waals surface area (Å²) in [6, 6.07) is 19.5. The molecular formula is C26H34NO2Y-. The van der Waals surface area contributed by atoms with Crippen molar-refractivity contribution in [2.45, 2.75) is 83.3 Å². The van der Waals surface area contributed by atoms with Crippen LogP contribution in [0.3, 0.4) is 0 Å².